The maximum atomic E-state index is 11.1. The zero-order chi connectivity index (χ0) is 15.0. The summed E-state index contributed by atoms with van der Waals surface area (Å²) in [7, 11) is 0. The Labute approximate surface area is 127 Å². The van der Waals surface area contributed by atoms with Gasteiger partial charge < -0.3 is 4.74 Å². The molecule has 2 nitrogen and oxygen atoms in total. The molecule has 0 spiro atoms. The van der Waals surface area contributed by atoms with Gasteiger partial charge in [-0.05, 0) is 48.1 Å². The first-order valence-corrected chi connectivity index (χ1v) is 7.79. The Hall–Kier alpha value is -1.02. The highest BCUT2D eigenvalue weighted by atomic mass is 35.5. The van der Waals surface area contributed by atoms with Crippen molar-refractivity contribution in [1.82, 2.24) is 0 Å². The van der Waals surface area contributed by atoms with Crippen molar-refractivity contribution in [2.75, 3.05) is 6.61 Å². The third kappa shape index (κ3) is 6.95. The van der Waals surface area contributed by atoms with Crippen LogP contribution in [0.1, 0.15) is 56.8 Å². The Morgan fingerprint density at radius 1 is 1.20 bits per heavy atom. The molecule has 0 aromatic heterocycles. The average Bonchev–Trinajstić information content (AvgIpc) is 2.38. The number of carbonyl (C=O) groups excluding carboxylic acids is 1. The number of ether oxygens (including phenoxy) is 1. The second-order valence-corrected chi connectivity index (χ2v) is 6.21. The predicted molar refractivity (Wildman–Crippen MR) is 84.6 cm³/mol. The summed E-state index contributed by atoms with van der Waals surface area (Å²) in [6.07, 6.45) is 4.87. The third-order valence-corrected chi connectivity index (χ3v) is 3.64. The van der Waals surface area contributed by atoms with Crippen molar-refractivity contribution in [2.24, 2.45) is 11.8 Å². The van der Waals surface area contributed by atoms with Crippen molar-refractivity contribution in [3.05, 3.63) is 29.8 Å². The van der Waals surface area contributed by atoms with Crippen molar-refractivity contribution in [3.8, 4) is 5.75 Å². The summed E-state index contributed by atoms with van der Waals surface area (Å²) in [6, 6.07) is 7.03. The maximum absolute atomic E-state index is 11.1. The van der Waals surface area contributed by atoms with Crippen LogP contribution in [0.4, 0.5) is 0 Å². The van der Waals surface area contributed by atoms with Gasteiger partial charge in [-0.2, -0.15) is 0 Å². The van der Waals surface area contributed by atoms with Gasteiger partial charge in [0.2, 0.25) is 0 Å². The SMILES string of the molecule is CC(C)CCC[C@H](C)CCOc1cccc(C(=O)Cl)c1. The molecule has 0 saturated carbocycles. The molecule has 1 atom stereocenters. The van der Waals surface area contributed by atoms with E-state index in [4.69, 9.17) is 16.3 Å². The lowest BCUT2D eigenvalue weighted by atomic mass is 9.98. The first-order chi connectivity index (χ1) is 9.49. The Balaban J connectivity index is 2.26. The van der Waals surface area contributed by atoms with Gasteiger partial charge in [-0.1, -0.05) is 46.1 Å². The number of hydrogen-bond acceptors (Lipinski definition) is 2. The molecule has 20 heavy (non-hydrogen) atoms. The minimum atomic E-state index is -0.447. The van der Waals surface area contributed by atoms with Crippen LogP contribution >= 0.6 is 11.6 Å². The van der Waals surface area contributed by atoms with Gasteiger partial charge in [-0.3, -0.25) is 4.79 Å². The van der Waals surface area contributed by atoms with E-state index in [0.29, 0.717) is 23.8 Å². The molecule has 0 amide bonds. The van der Waals surface area contributed by atoms with Crippen LogP contribution in [-0.2, 0) is 0 Å². The summed E-state index contributed by atoms with van der Waals surface area (Å²) in [5.74, 6) is 2.17. The lowest BCUT2D eigenvalue weighted by Gasteiger charge is -2.13. The van der Waals surface area contributed by atoms with Gasteiger partial charge in [0.15, 0.2) is 0 Å². The van der Waals surface area contributed by atoms with Crippen molar-refractivity contribution in [3.63, 3.8) is 0 Å². The van der Waals surface area contributed by atoms with Crippen LogP contribution in [0.2, 0.25) is 0 Å². The molecule has 0 bridgehead atoms. The summed E-state index contributed by atoms with van der Waals surface area (Å²) < 4.78 is 5.68. The Morgan fingerprint density at radius 3 is 2.60 bits per heavy atom. The van der Waals surface area contributed by atoms with Gasteiger partial charge in [0.05, 0.1) is 6.61 Å². The first-order valence-electron chi connectivity index (χ1n) is 7.41. The fraction of sp³-hybridized carbons (Fsp3) is 0.588. The minimum Gasteiger partial charge on any atom is -0.494 e. The van der Waals surface area contributed by atoms with Crippen LogP contribution in [0.25, 0.3) is 0 Å². The fourth-order valence-corrected chi connectivity index (χ4v) is 2.22. The zero-order valence-corrected chi connectivity index (χ0v) is 13.5. The Kier molecular flexibility index (Phi) is 7.68. The van der Waals surface area contributed by atoms with E-state index in [1.165, 1.54) is 19.3 Å². The Morgan fingerprint density at radius 2 is 1.95 bits per heavy atom. The van der Waals surface area contributed by atoms with Crippen molar-refractivity contribution >= 4 is 16.8 Å². The molecular weight excluding hydrogens is 272 g/mol. The molecule has 0 heterocycles. The smallest absolute Gasteiger partial charge is 0.252 e. The van der Waals surface area contributed by atoms with E-state index >= 15 is 0 Å². The second kappa shape index (κ2) is 9.02. The van der Waals surface area contributed by atoms with Gasteiger partial charge in [0.1, 0.15) is 5.75 Å². The molecule has 3 heteroatoms. The highest BCUT2D eigenvalue weighted by Crippen LogP contribution is 2.18. The predicted octanol–water partition coefficient (Wildman–Crippen LogP) is 5.30. The lowest BCUT2D eigenvalue weighted by molar-refractivity contribution is 0.108. The monoisotopic (exact) mass is 296 g/mol. The molecule has 0 fully saturated rings. The van der Waals surface area contributed by atoms with Gasteiger partial charge in [0.25, 0.3) is 5.24 Å². The zero-order valence-electron chi connectivity index (χ0n) is 12.7. The van der Waals surface area contributed by atoms with Crippen molar-refractivity contribution < 1.29 is 9.53 Å². The van der Waals surface area contributed by atoms with Crippen LogP contribution < -0.4 is 4.74 Å². The standard InChI is InChI=1S/C17H25ClO2/c1-13(2)6-4-7-14(3)10-11-20-16-9-5-8-15(12-16)17(18)19/h5,8-9,12-14H,4,6-7,10-11H2,1-3H3/t14-/m0/s1. The molecule has 0 aliphatic carbocycles. The number of hydrogen-bond donors (Lipinski definition) is 0. The molecule has 112 valence electrons. The van der Waals surface area contributed by atoms with E-state index in [2.05, 4.69) is 20.8 Å². The van der Waals surface area contributed by atoms with E-state index < -0.39 is 5.24 Å². The van der Waals surface area contributed by atoms with Gasteiger partial charge in [-0.25, -0.2) is 0 Å². The molecule has 1 rings (SSSR count). The average molecular weight is 297 g/mol. The van der Waals surface area contributed by atoms with E-state index in [-0.39, 0.29) is 0 Å². The van der Waals surface area contributed by atoms with E-state index in [1.54, 1.807) is 18.2 Å². The summed E-state index contributed by atoms with van der Waals surface area (Å²) in [6.45, 7) is 7.48. The first kappa shape index (κ1) is 17.0. The molecule has 1 aromatic carbocycles. The number of benzene rings is 1. The van der Waals surface area contributed by atoms with Gasteiger partial charge >= 0.3 is 0 Å². The van der Waals surface area contributed by atoms with Crippen LogP contribution in [0.15, 0.2) is 24.3 Å². The van der Waals surface area contributed by atoms with Crippen molar-refractivity contribution in [2.45, 2.75) is 46.5 Å². The maximum Gasteiger partial charge on any atom is 0.252 e. The largest absolute Gasteiger partial charge is 0.494 e. The molecular formula is C17H25ClO2. The van der Waals surface area contributed by atoms with Crippen LogP contribution in [0.3, 0.4) is 0 Å². The topological polar surface area (TPSA) is 26.3 Å². The number of carbonyl (C=O) groups is 1. The Bertz CT molecular complexity index is 415. The van der Waals surface area contributed by atoms with Crippen LogP contribution in [0.5, 0.6) is 5.75 Å². The highest BCUT2D eigenvalue weighted by Gasteiger charge is 2.06. The summed E-state index contributed by atoms with van der Waals surface area (Å²) in [4.78, 5) is 11.1. The van der Waals surface area contributed by atoms with Crippen LogP contribution in [-0.4, -0.2) is 11.8 Å². The molecule has 0 saturated heterocycles. The second-order valence-electron chi connectivity index (χ2n) is 5.87. The van der Waals surface area contributed by atoms with E-state index in [0.717, 1.165) is 12.3 Å². The van der Waals surface area contributed by atoms with E-state index in [1.807, 2.05) is 6.07 Å². The molecule has 0 aliphatic heterocycles. The molecule has 0 N–H and O–H groups in total. The van der Waals surface area contributed by atoms with Crippen LogP contribution in [0, 0.1) is 11.8 Å². The molecule has 0 unspecified atom stereocenters. The van der Waals surface area contributed by atoms with Gasteiger partial charge in [0, 0.05) is 5.56 Å². The number of halogens is 1. The van der Waals surface area contributed by atoms with Crippen molar-refractivity contribution in [1.29, 1.82) is 0 Å². The lowest BCUT2D eigenvalue weighted by Crippen LogP contribution is -2.05. The quantitative estimate of drug-likeness (QED) is 0.578. The normalized spacial score (nSPS) is 12.4. The minimum absolute atomic E-state index is 0.447. The van der Waals surface area contributed by atoms with Gasteiger partial charge in [-0.15, -0.1) is 0 Å². The highest BCUT2D eigenvalue weighted by molar-refractivity contribution is 6.67. The van der Waals surface area contributed by atoms with E-state index in [9.17, 15) is 4.79 Å². The fourth-order valence-electron chi connectivity index (χ4n) is 2.11. The molecule has 0 radical (unpaired) electrons. The summed E-state index contributed by atoms with van der Waals surface area (Å²) in [5.41, 5.74) is 0.481. The molecule has 0 aliphatic rings. The number of rotatable bonds is 9. The summed E-state index contributed by atoms with van der Waals surface area (Å²) in [5, 5.41) is -0.447. The molecule has 1 aromatic rings. The summed E-state index contributed by atoms with van der Waals surface area (Å²) >= 11 is 5.45. The third-order valence-electron chi connectivity index (χ3n) is 3.42.